The number of aryl methyl sites for hydroxylation is 2. The summed E-state index contributed by atoms with van der Waals surface area (Å²) >= 11 is 6.22. The Kier molecular flexibility index (Phi) is 4.17. The van der Waals surface area contributed by atoms with E-state index in [-0.39, 0.29) is 0 Å². The van der Waals surface area contributed by atoms with Crippen molar-refractivity contribution in [2.24, 2.45) is 0 Å². The van der Waals surface area contributed by atoms with Gasteiger partial charge in [-0.1, -0.05) is 54.1 Å². The first-order chi connectivity index (χ1) is 10.7. The molecule has 0 spiro atoms. The second-order valence-electron chi connectivity index (χ2n) is 5.39. The molecule has 0 aliphatic heterocycles. The Morgan fingerprint density at radius 1 is 0.682 bits per heavy atom. The van der Waals surface area contributed by atoms with Crippen molar-refractivity contribution < 1.29 is 0 Å². The molecule has 0 heterocycles. The van der Waals surface area contributed by atoms with Crippen molar-refractivity contribution in [3.05, 3.63) is 88.9 Å². The first kappa shape index (κ1) is 14.7. The Balaban J connectivity index is 2.24. The summed E-state index contributed by atoms with van der Waals surface area (Å²) in [5, 5.41) is 0.740. The number of anilines is 3. The van der Waals surface area contributed by atoms with Crippen LogP contribution in [0.25, 0.3) is 0 Å². The zero-order valence-corrected chi connectivity index (χ0v) is 13.5. The van der Waals surface area contributed by atoms with Gasteiger partial charge in [-0.05, 0) is 55.3 Å². The monoisotopic (exact) mass is 307 g/mol. The maximum absolute atomic E-state index is 6.22. The van der Waals surface area contributed by atoms with Gasteiger partial charge in [0, 0.05) is 22.1 Å². The lowest BCUT2D eigenvalue weighted by Crippen LogP contribution is -2.12. The van der Waals surface area contributed by atoms with Crippen molar-refractivity contribution in [3.8, 4) is 0 Å². The molecule has 0 amide bonds. The van der Waals surface area contributed by atoms with Crippen LogP contribution in [-0.2, 0) is 0 Å². The third kappa shape index (κ3) is 2.86. The predicted molar refractivity (Wildman–Crippen MR) is 95.6 cm³/mol. The fourth-order valence-electron chi connectivity index (χ4n) is 2.65. The average molecular weight is 308 g/mol. The minimum atomic E-state index is 0.740. The molecule has 0 atom stereocenters. The molecule has 0 fully saturated rings. The van der Waals surface area contributed by atoms with Crippen LogP contribution in [0.2, 0.25) is 5.02 Å². The number of benzene rings is 3. The predicted octanol–water partition coefficient (Wildman–Crippen LogP) is 6.43. The van der Waals surface area contributed by atoms with Crippen molar-refractivity contribution in [2.45, 2.75) is 13.8 Å². The molecule has 3 rings (SSSR count). The molecule has 22 heavy (non-hydrogen) atoms. The molecule has 0 unspecified atom stereocenters. The summed E-state index contributed by atoms with van der Waals surface area (Å²) in [6.45, 7) is 4.26. The number of nitrogens with zero attached hydrogens (tertiary/aromatic N) is 1. The highest BCUT2D eigenvalue weighted by Gasteiger charge is 2.15. The lowest BCUT2D eigenvalue weighted by molar-refractivity contribution is 1.23. The van der Waals surface area contributed by atoms with Crippen molar-refractivity contribution in [3.63, 3.8) is 0 Å². The van der Waals surface area contributed by atoms with Crippen LogP contribution in [0.15, 0.2) is 72.8 Å². The Morgan fingerprint density at radius 2 is 1.23 bits per heavy atom. The largest absolute Gasteiger partial charge is 0.310 e. The maximum Gasteiger partial charge on any atom is 0.0490 e. The number of hydrogen-bond donors (Lipinski definition) is 0. The van der Waals surface area contributed by atoms with Crippen molar-refractivity contribution in [1.82, 2.24) is 0 Å². The Hall–Kier alpha value is -2.25. The lowest BCUT2D eigenvalue weighted by atomic mass is 10.1. The molecule has 2 heteroatoms. The molecular weight excluding hydrogens is 290 g/mol. The van der Waals surface area contributed by atoms with Gasteiger partial charge >= 0.3 is 0 Å². The van der Waals surface area contributed by atoms with Gasteiger partial charge in [-0.15, -0.1) is 0 Å². The van der Waals surface area contributed by atoms with Gasteiger partial charge in [0.25, 0.3) is 0 Å². The van der Waals surface area contributed by atoms with E-state index in [1.807, 2.05) is 18.2 Å². The number of halogens is 1. The summed E-state index contributed by atoms with van der Waals surface area (Å²) in [6.07, 6.45) is 0. The first-order valence-corrected chi connectivity index (χ1v) is 7.71. The van der Waals surface area contributed by atoms with E-state index >= 15 is 0 Å². The average Bonchev–Trinajstić information content (AvgIpc) is 2.51. The summed E-state index contributed by atoms with van der Waals surface area (Å²) in [5.41, 5.74) is 5.85. The van der Waals surface area contributed by atoms with Gasteiger partial charge < -0.3 is 4.90 Å². The van der Waals surface area contributed by atoms with E-state index in [1.54, 1.807) is 0 Å². The van der Waals surface area contributed by atoms with Gasteiger partial charge in [0.15, 0.2) is 0 Å². The molecule has 0 saturated carbocycles. The molecule has 3 aromatic carbocycles. The number of para-hydroxylation sites is 2. The fourth-order valence-corrected chi connectivity index (χ4v) is 2.84. The molecular formula is C20H18ClN. The molecule has 0 N–H and O–H groups in total. The topological polar surface area (TPSA) is 3.24 Å². The van der Waals surface area contributed by atoms with Crippen LogP contribution in [0.4, 0.5) is 17.1 Å². The van der Waals surface area contributed by atoms with E-state index in [1.165, 1.54) is 22.5 Å². The lowest BCUT2D eigenvalue weighted by Gasteiger charge is -2.28. The second-order valence-corrected chi connectivity index (χ2v) is 5.82. The fraction of sp³-hybridized carbons (Fsp3) is 0.100. The molecule has 0 aromatic heterocycles. The quantitative estimate of drug-likeness (QED) is 0.539. The molecule has 0 aliphatic rings. The summed E-state index contributed by atoms with van der Waals surface area (Å²) < 4.78 is 0. The van der Waals surface area contributed by atoms with E-state index in [9.17, 15) is 0 Å². The summed E-state index contributed by atoms with van der Waals surface area (Å²) in [6, 6.07) is 24.8. The second kappa shape index (κ2) is 6.25. The zero-order chi connectivity index (χ0) is 15.5. The van der Waals surface area contributed by atoms with Gasteiger partial charge in [-0.2, -0.15) is 0 Å². The van der Waals surface area contributed by atoms with Gasteiger partial charge in [0.1, 0.15) is 0 Å². The van der Waals surface area contributed by atoms with Crippen LogP contribution >= 0.6 is 11.6 Å². The molecule has 3 aromatic rings. The molecule has 1 nitrogen and oxygen atoms in total. The summed E-state index contributed by atoms with van der Waals surface area (Å²) in [5.74, 6) is 0. The van der Waals surface area contributed by atoms with Crippen molar-refractivity contribution in [2.75, 3.05) is 4.90 Å². The molecule has 0 radical (unpaired) electrons. The summed E-state index contributed by atoms with van der Waals surface area (Å²) in [7, 11) is 0. The molecule has 0 saturated heterocycles. The van der Waals surface area contributed by atoms with Crippen LogP contribution in [0.3, 0.4) is 0 Å². The summed E-state index contributed by atoms with van der Waals surface area (Å²) in [4.78, 5) is 2.26. The van der Waals surface area contributed by atoms with E-state index in [4.69, 9.17) is 11.6 Å². The molecule has 110 valence electrons. The maximum atomic E-state index is 6.22. The van der Waals surface area contributed by atoms with E-state index in [0.717, 1.165) is 10.7 Å². The Labute approximate surface area is 136 Å². The molecule has 0 bridgehead atoms. The van der Waals surface area contributed by atoms with E-state index < -0.39 is 0 Å². The minimum absolute atomic E-state index is 0.740. The smallest absolute Gasteiger partial charge is 0.0490 e. The van der Waals surface area contributed by atoms with Crippen LogP contribution < -0.4 is 4.90 Å². The van der Waals surface area contributed by atoms with Gasteiger partial charge in [-0.25, -0.2) is 0 Å². The Morgan fingerprint density at radius 3 is 1.73 bits per heavy atom. The van der Waals surface area contributed by atoms with Gasteiger partial charge in [-0.3, -0.25) is 0 Å². The van der Waals surface area contributed by atoms with E-state index in [0.29, 0.717) is 0 Å². The minimum Gasteiger partial charge on any atom is -0.310 e. The zero-order valence-electron chi connectivity index (χ0n) is 12.8. The Bertz CT molecular complexity index is 749. The van der Waals surface area contributed by atoms with E-state index in [2.05, 4.69) is 73.3 Å². The highest BCUT2D eigenvalue weighted by Crippen LogP contribution is 2.38. The van der Waals surface area contributed by atoms with Crippen molar-refractivity contribution >= 4 is 28.7 Å². The highest BCUT2D eigenvalue weighted by molar-refractivity contribution is 6.30. The first-order valence-electron chi connectivity index (χ1n) is 7.34. The number of rotatable bonds is 3. The highest BCUT2D eigenvalue weighted by atomic mass is 35.5. The SMILES string of the molecule is Cc1ccccc1N(c1cccc(Cl)c1)c1ccccc1C. The third-order valence-corrected chi connectivity index (χ3v) is 4.01. The number of hydrogen-bond acceptors (Lipinski definition) is 1. The standard InChI is InChI=1S/C20H18ClN/c1-15-8-3-5-12-19(15)22(18-11-7-10-17(21)14-18)20-13-6-4-9-16(20)2/h3-14H,1-2H3. The van der Waals surface area contributed by atoms with Crippen LogP contribution in [-0.4, -0.2) is 0 Å². The van der Waals surface area contributed by atoms with Gasteiger partial charge in [0.05, 0.1) is 0 Å². The normalized spacial score (nSPS) is 10.5. The van der Waals surface area contributed by atoms with Crippen LogP contribution in [0.1, 0.15) is 11.1 Å². The van der Waals surface area contributed by atoms with Crippen LogP contribution in [0, 0.1) is 13.8 Å². The van der Waals surface area contributed by atoms with Gasteiger partial charge in [0.2, 0.25) is 0 Å². The van der Waals surface area contributed by atoms with Crippen molar-refractivity contribution in [1.29, 1.82) is 0 Å². The third-order valence-electron chi connectivity index (χ3n) is 3.78. The van der Waals surface area contributed by atoms with Crippen LogP contribution in [0.5, 0.6) is 0 Å². The molecule has 0 aliphatic carbocycles.